The van der Waals surface area contributed by atoms with Gasteiger partial charge in [-0.3, -0.25) is 14.5 Å². The maximum Gasteiger partial charge on any atom is 0.294 e. The molecule has 1 N–H and O–H groups in total. The lowest BCUT2D eigenvalue weighted by Crippen LogP contribution is -2.42. The first-order chi connectivity index (χ1) is 15.7. The molecule has 1 aliphatic carbocycles. The molecule has 1 saturated carbocycles. The number of para-hydroxylation sites is 1. The number of thiophene rings is 1. The fourth-order valence-electron chi connectivity index (χ4n) is 4.02. The molecule has 33 heavy (non-hydrogen) atoms. The lowest BCUT2D eigenvalue weighted by atomic mass is 9.94. The minimum absolute atomic E-state index is 0.0254. The third-order valence-electron chi connectivity index (χ3n) is 5.70. The van der Waals surface area contributed by atoms with Gasteiger partial charge in [0.1, 0.15) is 9.46 Å². The molecule has 1 aromatic heterocycles. The summed E-state index contributed by atoms with van der Waals surface area (Å²) in [6, 6.07) is 10.2. The summed E-state index contributed by atoms with van der Waals surface area (Å²) >= 11 is 7.88. The molecule has 1 aromatic carbocycles. The number of carbonyl (C=O) groups excluding carboxylic acids is 2. The van der Waals surface area contributed by atoms with Crippen molar-refractivity contribution in [2.24, 2.45) is 4.40 Å². The number of thioether (sulfide) groups is 1. The second kappa shape index (κ2) is 10.2. The van der Waals surface area contributed by atoms with Gasteiger partial charge in [-0.25, -0.2) is 0 Å². The number of benzene rings is 1. The molecule has 2 amide bonds. The molecule has 7 nitrogen and oxygen atoms in total. The molecular weight excluding hydrogens is 502 g/mol. The summed E-state index contributed by atoms with van der Waals surface area (Å²) in [7, 11) is -4.02. The summed E-state index contributed by atoms with van der Waals surface area (Å²) in [5.41, 5.74) is 1.61. The maximum atomic E-state index is 13.3. The first-order valence-electron chi connectivity index (χ1n) is 10.7. The zero-order valence-corrected chi connectivity index (χ0v) is 21.2. The third-order valence-corrected chi connectivity index (χ3v) is 9.93. The van der Waals surface area contributed by atoms with Gasteiger partial charge in [0.05, 0.1) is 4.34 Å². The largest absolute Gasteiger partial charge is 0.326 e. The van der Waals surface area contributed by atoms with Crippen LogP contribution in [-0.2, 0) is 19.6 Å². The van der Waals surface area contributed by atoms with Crippen molar-refractivity contribution in [3.05, 3.63) is 46.3 Å². The smallest absolute Gasteiger partial charge is 0.294 e. The Kier molecular flexibility index (Phi) is 7.47. The normalized spacial score (nSPS) is 21.0. The summed E-state index contributed by atoms with van der Waals surface area (Å²) in [6.45, 7) is 1.89. The van der Waals surface area contributed by atoms with E-state index in [1.807, 2.05) is 25.1 Å². The van der Waals surface area contributed by atoms with E-state index >= 15 is 0 Å². The molecular formula is C22H24ClN3O4S3. The Morgan fingerprint density at radius 2 is 1.91 bits per heavy atom. The van der Waals surface area contributed by atoms with E-state index in [0.717, 1.165) is 60.8 Å². The highest BCUT2D eigenvalue weighted by molar-refractivity contribution is 8.16. The lowest BCUT2D eigenvalue weighted by Gasteiger charge is -2.30. The van der Waals surface area contributed by atoms with Gasteiger partial charge in [-0.1, -0.05) is 60.8 Å². The molecule has 1 saturated heterocycles. The van der Waals surface area contributed by atoms with Crippen LogP contribution in [0.15, 0.2) is 45.0 Å². The summed E-state index contributed by atoms with van der Waals surface area (Å²) in [6.07, 6.45) is 4.55. The van der Waals surface area contributed by atoms with Crippen LogP contribution >= 0.6 is 34.7 Å². The number of carbonyl (C=O) groups is 2. The second-order valence-corrected chi connectivity index (χ2v) is 12.8. The van der Waals surface area contributed by atoms with Gasteiger partial charge in [-0.05, 0) is 43.5 Å². The lowest BCUT2D eigenvalue weighted by molar-refractivity contribution is -0.130. The number of amidine groups is 1. The number of sulfonamides is 1. The van der Waals surface area contributed by atoms with Gasteiger partial charge in [0.25, 0.3) is 10.0 Å². The van der Waals surface area contributed by atoms with Crippen molar-refractivity contribution in [2.75, 3.05) is 5.32 Å². The average Bonchev–Trinajstić information content (AvgIpc) is 3.34. The van der Waals surface area contributed by atoms with Crippen LogP contribution in [0.5, 0.6) is 0 Å². The summed E-state index contributed by atoms with van der Waals surface area (Å²) in [5.74, 6) is -0.558. The molecule has 2 aromatic rings. The fourth-order valence-corrected chi connectivity index (χ4v) is 7.88. The standard InChI is InChI=1S/C22H24ClN3O4S3/c1-14-7-5-6-10-16(14)24-19(27)13-17-21(28)26(15-8-3-2-4-9-15)22(31-17)25-33(29,30)20-12-11-18(23)32-20/h5-7,10-12,15,17H,2-4,8-9,13H2,1H3,(H,24,27). The number of aryl methyl sites for hydroxylation is 1. The SMILES string of the molecule is Cc1ccccc1NC(=O)CC1SC(=NS(=O)(=O)c2ccc(Cl)s2)N(C2CCCCC2)C1=O. The van der Waals surface area contributed by atoms with Crippen molar-refractivity contribution in [2.45, 2.75) is 60.9 Å². The average molecular weight is 526 g/mol. The number of nitrogens with zero attached hydrogens (tertiary/aromatic N) is 2. The molecule has 2 fully saturated rings. The van der Waals surface area contributed by atoms with Crippen LogP contribution in [0.25, 0.3) is 0 Å². The molecule has 1 aliphatic heterocycles. The number of rotatable bonds is 6. The third kappa shape index (κ3) is 5.62. The molecule has 176 valence electrons. The van der Waals surface area contributed by atoms with Crippen molar-refractivity contribution in [1.29, 1.82) is 0 Å². The number of amides is 2. The number of halogens is 1. The van der Waals surface area contributed by atoms with Crippen LogP contribution in [0.1, 0.15) is 44.1 Å². The number of nitrogens with one attached hydrogen (secondary N) is 1. The molecule has 11 heteroatoms. The Bertz CT molecular complexity index is 1190. The summed E-state index contributed by atoms with van der Waals surface area (Å²) < 4.78 is 30.2. The Morgan fingerprint density at radius 1 is 1.18 bits per heavy atom. The Morgan fingerprint density at radius 3 is 2.58 bits per heavy atom. The van der Waals surface area contributed by atoms with Crippen LogP contribution in [-0.4, -0.2) is 41.6 Å². The topological polar surface area (TPSA) is 95.9 Å². The number of hydrogen-bond acceptors (Lipinski definition) is 6. The molecule has 1 unspecified atom stereocenters. The number of anilines is 1. The fraction of sp³-hybridized carbons (Fsp3) is 0.409. The van der Waals surface area contributed by atoms with Crippen molar-refractivity contribution in [3.63, 3.8) is 0 Å². The highest BCUT2D eigenvalue weighted by atomic mass is 35.5. The zero-order valence-electron chi connectivity index (χ0n) is 18.0. The predicted molar refractivity (Wildman–Crippen MR) is 133 cm³/mol. The molecule has 0 spiro atoms. The van der Waals surface area contributed by atoms with Crippen LogP contribution in [0, 0.1) is 6.92 Å². The van der Waals surface area contributed by atoms with E-state index in [9.17, 15) is 18.0 Å². The molecule has 4 rings (SSSR count). The Hall–Kier alpha value is -1.88. The van der Waals surface area contributed by atoms with Gasteiger partial charge in [-0.2, -0.15) is 8.42 Å². The summed E-state index contributed by atoms with van der Waals surface area (Å²) in [5, 5.41) is 2.27. The van der Waals surface area contributed by atoms with E-state index < -0.39 is 15.3 Å². The van der Waals surface area contributed by atoms with Crippen molar-refractivity contribution >= 4 is 67.4 Å². The Labute approximate surface area is 206 Å². The first-order valence-corrected chi connectivity index (χ1v) is 14.2. The van der Waals surface area contributed by atoms with Crippen molar-refractivity contribution in [1.82, 2.24) is 4.90 Å². The first kappa shape index (κ1) is 24.3. The quantitative estimate of drug-likeness (QED) is 0.568. The van der Waals surface area contributed by atoms with Crippen molar-refractivity contribution < 1.29 is 18.0 Å². The van der Waals surface area contributed by atoms with Gasteiger partial charge in [0.15, 0.2) is 5.17 Å². The maximum absolute atomic E-state index is 13.3. The van der Waals surface area contributed by atoms with Gasteiger partial charge < -0.3 is 5.32 Å². The molecule has 0 radical (unpaired) electrons. The highest BCUT2D eigenvalue weighted by Gasteiger charge is 2.43. The van der Waals surface area contributed by atoms with Crippen LogP contribution in [0.2, 0.25) is 4.34 Å². The van der Waals surface area contributed by atoms with E-state index in [1.54, 1.807) is 6.07 Å². The van der Waals surface area contributed by atoms with Gasteiger partial charge >= 0.3 is 0 Å². The second-order valence-electron chi connectivity index (χ2n) is 8.08. The summed E-state index contributed by atoms with van der Waals surface area (Å²) in [4.78, 5) is 27.5. The minimum Gasteiger partial charge on any atom is -0.326 e. The predicted octanol–water partition coefficient (Wildman–Crippen LogP) is 5.06. The molecule has 2 aliphatic rings. The molecule has 1 atom stereocenters. The van der Waals surface area contributed by atoms with Gasteiger partial charge in [-0.15, -0.1) is 15.7 Å². The number of hydrogen-bond donors (Lipinski definition) is 1. The van der Waals surface area contributed by atoms with E-state index in [4.69, 9.17) is 11.6 Å². The van der Waals surface area contributed by atoms with E-state index in [-0.39, 0.29) is 33.7 Å². The van der Waals surface area contributed by atoms with E-state index in [2.05, 4.69) is 9.71 Å². The van der Waals surface area contributed by atoms with Crippen LogP contribution < -0.4 is 5.32 Å². The molecule has 2 heterocycles. The van der Waals surface area contributed by atoms with Gasteiger partial charge in [0, 0.05) is 18.2 Å². The van der Waals surface area contributed by atoms with E-state index in [1.165, 1.54) is 17.0 Å². The van der Waals surface area contributed by atoms with E-state index in [0.29, 0.717) is 10.0 Å². The van der Waals surface area contributed by atoms with Crippen molar-refractivity contribution in [3.8, 4) is 0 Å². The minimum atomic E-state index is -4.02. The van der Waals surface area contributed by atoms with Crippen LogP contribution in [0.3, 0.4) is 0 Å². The Balaban J connectivity index is 1.58. The zero-order chi connectivity index (χ0) is 23.6. The monoisotopic (exact) mass is 525 g/mol. The van der Waals surface area contributed by atoms with Gasteiger partial charge in [0.2, 0.25) is 11.8 Å². The van der Waals surface area contributed by atoms with Crippen LogP contribution in [0.4, 0.5) is 5.69 Å². The molecule has 0 bridgehead atoms. The highest BCUT2D eigenvalue weighted by Crippen LogP contribution is 2.37.